The lowest BCUT2D eigenvalue weighted by molar-refractivity contribution is -0.0498. The summed E-state index contributed by atoms with van der Waals surface area (Å²) in [5, 5.41) is 16.7. The lowest BCUT2D eigenvalue weighted by Crippen LogP contribution is -2.41. The zero-order chi connectivity index (χ0) is 22.6. The number of hydrogen-bond acceptors (Lipinski definition) is 6. The van der Waals surface area contributed by atoms with Gasteiger partial charge in [0.05, 0.1) is 23.2 Å². The Labute approximate surface area is 176 Å². The minimum Gasteiger partial charge on any atom is -0.435 e. The maximum Gasteiger partial charge on any atom is 0.387 e. The third-order valence-electron chi connectivity index (χ3n) is 4.10. The van der Waals surface area contributed by atoms with Crippen molar-refractivity contribution >= 4 is 5.91 Å². The van der Waals surface area contributed by atoms with Gasteiger partial charge in [0, 0.05) is 18.3 Å². The Hall–Kier alpha value is -3.66. The molecule has 0 fully saturated rings. The number of alkyl halides is 2. The van der Waals surface area contributed by atoms with Crippen LogP contribution in [-0.4, -0.2) is 44.5 Å². The van der Waals surface area contributed by atoms with Crippen LogP contribution in [0.5, 0.6) is 5.75 Å². The van der Waals surface area contributed by atoms with Crippen LogP contribution in [0.25, 0.3) is 16.9 Å². The van der Waals surface area contributed by atoms with Gasteiger partial charge in [-0.1, -0.05) is 0 Å². The molecule has 0 atom stereocenters. The second kappa shape index (κ2) is 9.00. The second-order valence-corrected chi connectivity index (χ2v) is 7.27. The van der Waals surface area contributed by atoms with Gasteiger partial charge in [0.1, 0.15) is 11.3 Å². The molecule has 0 aliphatic rings. The van der Waals surface area contributed by atoms with Gasteiger partial charge in [-0.15, -0.1) is 0 Å². The van der Waals surface area contributed by atoms with Gasteiger partial charge >= 0.3 is 6.61 Å². The molecule has 0 unspecified atom stereocenters. The van der Waals surface area contributed by atoms with Gasteiger partial charge in [0.25, 0.3) is 11.5 Å². The molecule has 10 heteroatoms. The van der Waals surface area contributed by atoms with Crippen LogP contribution in [0.1, 0.15) is 24.2 Å². The van der Waals surface area contributed by atoms with E-state index in [1.54, 1.807) is 12.1 Å². The molecule has 3 aromatic rings. The van der Waals surface area contributed by atoms with Gasteiger partial charge in [-0.05, 0) is 56.3 Å². The number of amides is 1. The molecule has 0 spiro atoms. The third-order valence-corrected chi connectivity index (χ3v) is 4.10. The molecule has 31 heavy (non-hydrogen) atoms. The summed E-state index contributed by atoms with van der Waals surface area (Å²) in [6.07, 6.45) is 2.94. The average Bonchev–Trinajstić information content (AvgIpc) is 2.72. The molecular formula is C21H20F2N4O4. The smallest absolute Gasteiger partial charge is 0.387 e. The van der Waals surface area contributed by atoms with Crippen LogP contribution in [0.15, 0.2) is 59.7 Å². The normalized spacial score (nSPS) is 11.4. The molecule has 0 bridgehead atoms. The molecule has 2 N–H and O–H groups in total. The van der Waals surface area contributed by atoms with E-state index in [0.29, 0.717) is 11.3 Å². The molecule has 8 nitrogen and oxygen atoms in total. The first-order chi connectivity index (χ1) is 14.6. The van der Waals surface area contributed by atoms with Crippen molar-refractivity contribution in [2.75, 3.05) is 6.54 Å². The van der Waals surface area contributed by atoms with E-state index in [4.69, 9.17) is 0 Å². The number of benzene rings is 1. The first kappa shape index (κ1) is 22.0. The molecule has 0 aliphatic heterocycles. The van der Waals surface area contributed by atoms with Crippen LogP contribution in [0.4, 0.5) is 8.78 Å². The van der Waals surface area contributed by atoms with E-state index in [1.165, 1.54) is 56.6 Å². The van der Waals surface area contributed by atoms with Gasteiger partial charge in [0.15, 0.2) is 0 Å². The van der Waals surface area contributed by atoms with Crippen molar-refractivity contribution in [2.24, 2.45) is 0 Å². The zero-order valence-corrected chi connectivity index (χ0v) is 16.8. The van der Waals surface area contributed by atoms with Crippen molar-refractivity contribution in [1.29, 1.82) is 0 Å². The van der Waals surface area contributed by atoms with Crippen LogP contribution >= 0.6 is 0 Å². The van der Waals surface area contributed by atoms with Crippen molar-refractivity contribution < 1.29 is 23.4 Å². The van der Waals surface area contributed by atoms with Crippen molar-refractivity contribution in [1.82, 2.24) is 20.1 Å². The molecule has 1 aromatic carbocycles. The Balaban J connectivity index is 2.07. The number of nitrogens with zero attached hydrogens (tertiary/aromatic N) is 3. The molecule has 0 saturated carbocycles. The highest BCUT2D eigenvalue weighted by Crippen LogP contribution is 2.22. The van der Waals surface area contributed by atoms with E-state index in [0.717, 1.165) is 4.68 Å². The fourth-order valence-electron chi connectivity index (χ4n) is 2.65. The topological polar surface area (TPSA) is 106 Å². The van der Waals surface area contributed by atoms with E-state index < -0.39 is 23.7 Å². The van der Waals surface area contributed by atoms with Gasteiger partial charge < -0.3 is 15.2 Å². The number of pyridine rings is 1. The predicted molar refractivity (Wildman–Crippen MR) is 108 cm³/mol. The maximum atomic E-state index is 12.9. The van der Waals surface area contributed by atoms with E-state index in [2.05, 4.69) is 20.1 Å². The zero-order valence-electron chi connectivity index (χ0n) is 16.8. The van der Waals surface area contributed by atoms with Crippen LogP contribution in [0.2, 0.25) is 0 Å². The van der Waals surface area contributed by atoms with Gasteiger partial charge in [-0.3, -0.25) is 14.6 Å². The number of aromatic nitrogens is 3. The minimum atomic E-state index is -2.96. The molecule has 1 amide bonds. The number of hydrogen-bond donors (Lipinski definition) is 2. The summed E-state index contributed by atoms with van der Waals surface area (Å²) >= 11 is 0. The largest absolute Gasteiger partial charge is 0.435 e. The molecule has 3 rings (SSSR count). The maximum absolute atomic E-state index is 12.9. The highest BCUT2D eigenvalue weighted by molar-refractivity contribution is 5.94. The first-order valence-electron chi connectivity index (χ1n) is 9.25. The van der Waals surface area contributed by atoms with E-state index >= 15 is 0 Å². The summed E-state index contributed by atoms with van der Waals surface area (Å²) in [4.78, 5) is 29.6. The second-order valence-electron chi connectivity index (χ2n) is 7.27. The van der Waals surface area contributed by atoms with Crippen LogP contribution < -0.4 is 15.6 Å². The Bertz CT molecular complexity index is 1110. The molecule has 2 heterocycles. The number of carbonyl (C=O) groups is 1. The lowest BCUT2D eigenvalue weighted by atomic mass is 10.1. The molecule has 162 valence electrons. The highest BCUT2D eigenvalue weighted by Gasteiger charge is 2.20. The Morgan fingerprint density at radius 1 is 1.26 bits per heavy atom. The number of halogens is 2. The van der Waals surface area contributed by atoms with Crippen molar-refractivity contribution in [3.05, 3.63) is 70.8 Å². The minimum absolute atomic E-state index is 0.0394. The third kappa shape index (κ3) is 5.70. The molecule has 0 saturated heterocycles. The summed E-state index contributed by atoms with van der Waals surface area (Å²) in [6, 6.07) is 10.1. The lowest BCUT2D eigenvalue weighted by Gasteiger charge is -2.18. The summed E-state index contributed by atoms with van der Waals surface area (Å²) < 4.78 is 30.1. The van der Waals surface area contributed by atoms with Crippen molar-refractivity contribution in [2.45, 2.75) is 26.1 Å². The molecule has 0 radical (unpaired) electrons. The van der Waals surface area contributed by atoms with Crippen LogP contribution in [0, 0.1) is 0 Å². The molecule has 2 aromatic heterocycles. The van der Waals surface area contributed by atoms with E-state index in [-0.39, 0.29) is 23.6 Å². The number of ether oxygens (including phenoxy) is 1. The average molecular weight is 430 g/mol. The number of aliphatic hydroxyl groups is 1. The van der Waals surface area contributed by atoms with E-state index in [1.807, 2.05) is 0 Å². The van der Waals surface area contributed by atoms with Crippen molar-refractivity contribution in [3.63, 3.8) is 0 Å². The van der Waals surface area contributed by atoms with Crippen molar-refractivity contribution in [3.8, 4) is 22.7 Å². The quantitative estimate of drug-likeness (QED) is 0.596. The summed E-state index contributed by atoms with van der Waals surface area (Å²) in [5.41, 5.74) is -0.998. The monoisotopic (exact) mass is 430 g/mol. The van der Waals surface area contributed by atoms with Gasteiger partial charge in [-0.2, -0.15) is 18.6 Å². The van der Waals surface area contributed by atoms with Gasteiger partial charge in [-0.25, -0.2) is 0 Å². The summed E-state index contributed by atoms with van der Waals surface area (Å²) in [6.45, 7) is 0.00225. The standard InChI is InChI=1S/C21H20F2N4O4/c1-21(2,30)12-25-18(28)16-10-17(13-5-7-15(8-6-13)31-20(22)23)26-27(19(16)29)14-4-3-9-24-11-14/h3-11,20,30H,12H2,1-2H3,(H,25,28). The Kier molecular flexibility index (Phi) is 6.40. The van der Waals surface area contributed by atoms with Crippen LogP contribution in [-0.2, 0) is 0 Å². The fourth-order valence-corrected chi connectivity index (χ4v) is 2.65. The Morgan fingerprint density at radius 3 is 2.55 bits per heavy atom. The fraction of sp³-hybridized carbons (Fsp3) is 0.238. The van der Waals surface area contributed by atoms with Gasteiger partial charge in [0.2, 0.25) is 0 Å². The summed E-state index contributed by atoms with van der Waals surface area (Å²) in [5.74, 6) is -0.728. The first-order valence-corrected chi connectivity index (χ1v) is 9.25. The predicted octanol–water partition coefficient (Wildman–Crippen LogP) is 2.40. The molecular weight excluding hydrogens is 410 g/mol. The SMILES string of the molecule is CC(C)(O)CNC(=O)c1cc(-c2ccc(OC(F)F)cc2)nn(-c2cccnc2)c1=O. The summed E-state index contributed by atoms with van der Waals surface area (Å²) in [7, 11) is 0. The Morgan fingerprint density at radius 2 is 1.97 bits per heavy atom. The van der Waals surface area contributed by atoms with Crippen LogP contribution in [0.3, 0.4) is 0 Å². The molecule has 0 aliphatic carbocycles. The number of nitrogens with one attached hydrogen (secondary N) is 1. The highest BCUT2D eigenvalue weighted by atomic mass is 19.3. The number of carbonyl (C=O) groups excluding carboxylic acids is 1. The van der Waals surface area contributed by atoms with E-state index in [9.17, 15) is 23.5 Å². The number of rotatable bonds is 7.